The Labute approximate surface area is 111 Å². The summed E-state index contributed by atoms with van der Waals surface area (Å²) >= 11 is 0. The largest absolute Gasteiger partial charge is 0.354 e. The maximum atomic E-state index is 11.6. The maximum Gasteiger partial charge on any atom is 0.221 e. The summed E-state index contributed by atoms with van der Waals surface area (Å²) in [7, 11) is 0. The highest BCUT2D eigenvalue weighted by Gasteiger charge is 2.10. The zero-order chi connectivity index (χ0) is 13.8. The summed E-state index contributed by atoms with van der Waals surface area (Å²) in [6, 6.07) is 3.79. The van der Waals surface area contributed by atoms with Gasteiger partial charge in [-0.05, 0) is 26.0 Å². The zero-order valence-corrected chi connectivity index (χ0v) is 11.1. The van der Waals surface area contributed by atoms with Gasteiger partial charge in [0.2, 0.25) is 5.91 Å². The highest BCUT2D eigenvalue weighted by Crippen LogP contribution is 2.17. The van der Waals surface area contributed by atoms with Crippen molar-refractivity contribution in [1.29, 1.82) is 0 Å². The summed E-state index contributed by atoms with van der Waals surface area (Å²) in [5.41, 5.74) is 1.34. The van der Waals surface area contributed by atoms with Crippen molar-refractivity contribution in [2.24, 2.45) is 0 Å². The summed E-state index contributed by atoms with van der Waals surface area (Å²) in [6.07, 6.45) is 4.61. The maximum absolute atomic E-state index is 11.6. The van der Waals surface area contributed by atoms with Gasteiger partial charge in [0.25, 0.3) is 0 Å². The first kappa shape index (κ1) is 13.3. The van der Waals surface area contributed by atoms with Gasteiger partial charge in [0.05, 0.1) is 0 Å². The lowest BCUT2D eigenvalue weighted by Gasteiger charge is -2.08. The molecule has 0 atom stereocenters. The van der Waals surface area contributed by atoms with E-state index < -0.39 is 0 Å². The van der Waals surface area contributed by atoms with E-state index in [9.17, 15) is 9.59 Å². The van der Waals surface area contributed by atoms with Crippen molar-refractivity contribution in [2.75, 3.05) is 0 Å². The standard InChI is InChI=1S/C14H17N3O2/c1-10(2)16-13(19)5-7-17-8-11(9-18)12-4-3-6-15-14(12)17/h3-4,6,8-10H,5,7H2,1-2H3,(H,16,19). The van der Waals surface area contributed by atoms with Crippen LogP contribution in [0.3, 0.4) is 0 Å². The van der Waals surface area contributed by atoms with Crippen LogP contribution in [0.5, 0.6) is 0 Å². The molecule has 0 saturated carbocycles. The van der Waals surface area contributed by atoms with E-state index >= 15 is 0 Å². The summed E-state index contributed by atoms with van der Waals surface area (Å²) in [4.78, 5) is 26.9. The molecule has 5 nitrogen and oxygen atoms in total. The molecule has 0 aliphatic carbocycles. The minimum atomic E-state index is 0.000402. The van der Waals surface area contributed by atoms with Crippen LogP contribution in [0.1, 0.15) is 30.6 Å². The van der Waals surface area contributed by atoms with Crippen molar-refractivity contribution in [3.63, 3.8) is 0 Å². The van der Waals surface area contributed by atoms with E-state index in [2.05, 4.69) is 10.3 Å². The molecule has 2 heterocycles. The van der Waals surface area contributed by atoms with E-state index in [1.807, 2.05) is 24.5 Å². The van der Waals surface area contributed by atoms with Gasteiger partial charge in [0, 0.05) is 42.4 Å². The highest BCUT2D eigenvalue weighted by molar-refractivity contribution is 5.96. The molecule has 5 heteroatoms. The summed E-state index contributed by atoms with van der Waals surface area (Å²) in [6.45, 7) is 4.37. The van der Waals surface area contributed by atoms with Gasteiger partial charge >= 0.3 is 0 Å². The van der Waals surface area contributed by atoms with Gasteiger partial charge in [-0.2, -0.15) is 0 Å². The number of amides is 1. The minimum Gasteiger partial charge on any atom is -0.354 e. The molecule has 0 radical (unpaired) electrons. The normalized spacial score (nSPS) is 10.9. The number of nitrogens with zero attached hydrogens (tertiary/aromatic N) is 2. The van der Waals surface area contributed by atoms with E-state index in [4.69, 9.17) is 0 Å². The number of aryl methyl sites for hydroxylation is 1. The zero-order valence-electron chi connectivity index (χ0n) is 11.1. The molecule has 19 heavy (non-hydrogen) atoms. The lowest BCUT2D eigenvalue weighted by atomic mass is 10.2. The monoisotopic (exact) mass is 259 g/mol. The molecule has 2 aromatic heterocycles. The number of aldehydes is 1. The Kier molecular flexibility index (Phi) is 3.94. The number of hydrogen-bond acceptors (Lipinski definition) is 3. The number of hydrogen-bond donors (Lipinski definition) is 1. The van der Waals surface area contributed by atoms with E-state index in [1.165, 1.54) is 0 Å². The first-order valence-electron chi connectivity index (χ1n) is 6.30. The van der Waals surface area contributed by atoms with Gasteiger partial charge in [-0.3, -0.25) is 9.59 Å². The van der Waals surface area contributed by atoms with Crippen LogP contribution in [-0.2, 0) is 11.3 Å². The third-order valence-electron chi connectivity index (χ3n) is 2.82. The topological polar surface area (TPSA) is 64.0 Å². The molecule has 0 spiro atoms. The Morgan fingerprint density at radius 3 is 3.00 bits per heavy atom. The fraction of sp³-hybridized carbons (Fsp3) is 0.357. The van der Waals surface area contributed by atoms with E-state index in [0.717, 1.165) is 17.3 Å². The molecule has 1 N–H and O–H groups in total. The lowest BCUT2D eigenvalue weighted by Crippen LogP contribution is -2.30. The van der Waals surface area contributed by atoms with Crippen molar-refractivity contribution in [3.8, 4) is 0 Å². The van der Waals surface area contributed by atoms with Crippen LogP contribution in [0.25, 0.3) is 11.0 Å². The molecule has 1 amide bonds. The molecular weight excluding hydrogens is 242 g/mol. The number of aromatic nitrogens is 2. The Balaban J connectivity index is 2.17. The summed E-state index contributed by atoms with van der Waals surface area (Å²) < 4.78 is 1.85. The number of carbonyl (C=O) groups excluding carboxylic acids is 2. The summed E-state index contributed by atoms with van der Waals surface area (Å²) in [5, 5.41) is 3.66. The van der Waals surface area contributed by atoms with Crippen LogP contribution in [-0.4, -0.2) is 27.8 Å². The third kappa shape index (κ3) is 2.99. The molecule has 2 aromatic rings. The van der Waals surface area contributed by atoms with Gasteiger partial charge in [0.1, 0.15) is 5.65 Å². The lowest BCUT2D eigenvalue weighted by molar-refractivity contribution is -0.121. The highest BCUT2D eigenvalue weighted by atomic mass is 16.1. The Morgan fingerprint density at radius 1 is 1.53 bits per heavy atom. The number of pyridine rings is 1. The van der Waals surface area contributed by atoms with Crippen molar-refractivity contribution >= 4 is 23.2 Å². The van der Waals surface area contributed by atoms with Gasteiger partial charge in [-0.1, -0.05) is 0 Å². The molecule has 0 saturated heterocycles. The quantitative estimate of drug-likeness (QED) is 0.832. The van der Waals surface area contributed by atoms with Crippen LogP contribution < -0.4 is 5.32 Å². The number of carbonyl (C=O) groups is 2. The fourth-order valence-electron chi connectivity index (χ4n) is 2.03. The smallest absolute Gasteiger partial charge is 0.221 e. The predicted molar refractivity (Wildman–Crippen MR) is 73.0 cm³/mol. The van der Waals surface area contributed by atoms with E-state index in [1.54, 1.807) is 18.5 Å². The Hall–Kier alpha value is -2.17. The van der Waals surface area contributed by atoms with Crippen LogP contribution in [0.2, 0.25) is 0 Å². The van der Waals surface area contributed by atoms with Crippen molar-refractivity contribution in [1.82, 2.24) is 14.9 Å². The second-order valence-electron chi connectivity index (χ2n) is 4.74. The third-order valence-corrected chi connectivity index (χ3v) is 2.82. The number of nitrogens with one attached hydrogen (secondary N) is 1. The molecule has 0 aromatic carbocycles. The SMILES string of the molecule is CC(C)NC(=O)CCn1cc(C=O)c2cccnc21. The van der Waals surface area contributed by atoms with Gasteiger partial charge in [0.15, 0.2) is 6.29 Å². The molecule has 2 rings (SSSR count). The van der Waals surface area contributed by atoms with Crippen molar-refractivity contribution in [3.05, 3.63) is 30.1 Å². The summed E-state index contributed by atoms with van der Waals surface area (Å²) in [5.74, 6) is 0.000402. The molecule has 0 fully saturated rings. The van der Waals surface area contributed by atoms with Gasteiger partial charge in [-0.15, -0.1) is 0 Å². The van der Waals surface area contributed by atoms with Crippen LogP contribution >= 0.6 is 0 Å². The van der Waals surface area contributed by atoms with Crippen LogP contribution in [0.4, 0.5) is 0 Å². The first-order valence-corrected chi connectivity index (χ1v) is 6.30. The fourth-order valence-corrected chi connectivity index (χ4v) is 2.03. The molecular formula is C14H17N3O2. The molecule has 0 unspecified atom stereocenters. The predicted octanol–water partition coefficient (Wildman–Crippen LogP) is 1.76. The van der Waals surface area contributed by atoms with Gasteiger partial charge in [-0.25, -0.2) is 4.98 Å². The Bertz CT molecular complexity index is 602. The second-order valence-corrected chi connectivity index (χ2v) is 4.74. The van der Waals surface area contributed by atoms with Crippen molar-refractivity contribution < 1.29 is 9.59 Å². The van der Waals surface area contributed by atoms with E-state index in [-0.39, 0.29) is 11.9 Å². The molecule has 0 bridgehead atoms. The van der Waals surface area contributed by atoms with E-state index in [0.29, 0.717) is 18.5 Å². The molecule has 0 aliphatic rings. The number of fused-ring (bicyclic) bond motifs is 1. The minimum absolute atomic E-state index is 0.000402. The number of rotatable bonds is 5. The van der Waals surface area contributed by atoms with Crippen LogP contribution in [0, 0.1) is 0 Å². The van der Waals surface area contributed by atoms with Crippen LogP contribution in [0.15, 0.2) is 24.5 Å². The van der Waals surface area contributed by atoms with Gasteiger partial charge < -0.3 is 9.88 Å². The average molecular weight is 259 g/mol. The molecule has 0 aliphatic heterocycles. The molecule has 100 valence electrons. The first-order chi connectivity index (χ1) is 9.11. The average Bonchev–Trinajstić information content (AvgIpc) is 2.74. The second kappa shape index (κ2) is 5.65. The Morgan fingerprint density at radius 2 is 2.32 bits per heavy atom. The van der Waals surface area contributed by atoms with Crippen molar-refractivity contribution in [2.45, 2.75) is 32.9 Å².